The molecule has 1 saturated carbocycles. The Morgan fingerprint density at radius 2 is 1.05 bits per heavy atom. The number of hydrogen-bond acceptors (Lipinski definition) is 23. The van der Waals surface area contributed by atoms with E-state index in [1.807, 2.05) is 94.1 Å². The van der Waals surface area contributed by atoms with Crippen molar-refractivity contribution in [1.29, 1.82) is 10.5 Å². The number of carboxylic acid groups (broad SMARTS) is 2. The highest BCUT2D eigenvalue weighted by Gasteiger charge is 2.32. The summed E-state index contributed by atoms with van der Waals surface area (Å²) >= 11 is 2.58. The average molecular weight is 1430 g/mol. The number of aliphatic hydroxyl groups is 2. The van der Waals surface area contributed by atoms with Crippen LogP contribution in [0.4, 0.5) is 42.6 Å². The quantitative estimate of drug-likeness (QED) is 0.0489. The molecule has 10 aromatic rings. The smallest absolute Gasteiger partial charge is 0.306 e. The van der Waals surface area contributed by atoms with E-state index in [-0.39, 0.29) is 62.8 Å². The predicted octanol–water partition coefficient (Wildman–Crippen LogP) is 11.5. The second kappa shape index (κ2) is 34.4. The number of fused-ring (bicyclic) bond motifs is 2. The lowest BCUT2D eigenvalue weighted by Gasteiger charge is -2.32. The number of Topliss-reactive ketones (excluding diaryl/α,β-unsaturated/α-hetero) is 1. The molecule has 25 nitrogen and oxygen atoms in total. The molecule has 7 N–H and O–H groups in total. The van der Waals surface area contributed by atoms with Gasteiger partial charge in [-0.25, -0.2) is 48.7 Å². The van der Waals surface area contributed by atoms with Crippen LogP contribution in [0.25, 0.3) is 56.1 Å². The summed E-state index contributed by atoms with van der Waals surface area (Å²) in [6, 6.07) is 24.5. The summed E-state index contributed by atoms with van der Waals surface area (Å²) in [5.41, 5.74) is 15.5. The fourth-order valence-electron chi connectivity index (χ4n) is 12.8. The van der Waals surface area contributed by atoms with Gasteiger partial charge >= 0.3 is 5.97 Å². The summed E-state index contributed by atoms with van der Waals surface area (Å²) in [7, 11) is 3.84. The summed E-state index contributed by atoms with van der Waals surface area (Å²) < 4.78 is 31.1. The summed E-state index contributed by atoms with van der Waals surface area (Å²) in [5, 5.41) is 58.0. The normalized spacial score (nSPS) is 17.3. The number of ketones is 1. The molecule has 0 bridgehead atoms. The van der Waals surface area contributed by atoms with E-state index in [1.165, 1.54) is 46.9 Å². The second-order valence-electron chi connectivity index (χ2n) is 24.9. The molecule has 29 heteroatoms. The molecule has 534 valence electrons. The van der Waals surface area contributed by atoms with Crippen molar-refractivity contribution in [2.75, 3.05) is 66.4 Å². The van der Waals surface area contributed by atoms with Crippen LogP contribution in [-0.4, -0.2) is 158 Å². The van der Waals surface area contributed by atoms with Gasteiger partial charge < -0.3 is 51.1 Å². The van der Waals surface area contributed by atoms with Gasteiger partial charge in [-0.05, 0) is 143 Å². The lowest BCUT2D eigenvalue weighted by molar-refractivity contribution is -0.141. The van der Waals surface area contributed by atoms with Crippen LogP contribution < -0.4 is 30.7 Å². The number of aliphatic hydroxyl groups excluding tert-OH is 2. The minimum absolute atomic E-state index is 0. The van der Waals surface area contributed by atoms with Crippen molar-refractivity contribution < 1.29 is 43.6 Å². The number of rotatable bonds is 16. The Balaban J connectivity index is 0.000000203. The van der Waals surface area contributed by atoms with Gasteiger partial charge in [0, 0.05) is 130 Å². The first-order valence-electron chi connectivity index (χ1n) is 33.0. The maximum atomic E-state index is 13.6. The molecule has 3 aliphatic heterocycles. The number of carbonyl (C=O) groups is 3. The Kier molecular flexibility index (Phi) is 25.6. The van der Waals surface area contributed by atoms with E-state index in [2.05, 4.69) is 51.1 Å². The molecular formula is C73H84F2N18O7S2. The molecule has 2 aromatic carbocycles. The fourth-order valence-corrected chi connectivity index (χ4v) is 14.5. The number of pyridine rings is 2. The topological polar surface area (TPSA) is 343 Å². The number of imidazole rings is 2. The maximum absolute atomic E-state index is 13.6. The first-order valence-corrected chi connectivity index (χ1v) is 34.7. The molecule has 4 fully saturated rings. The molecule has 0 amide bonds. The number of aliphatic carboxylic acids is 1. The van der Waals surface area contributed by atoms with Crippen molar-refractivity contribution in [3.05, 3.63) is 143 Å². The first kappa shape index (κ1) is 75.9. The lowest BCUT2D eigenvalue weighted by Crippen LogP contribution is -2.40. The molecule has 14 rings (SSSR count). The highest BCUT2D eigenvalue weighted by atomic mass is 32.1. The number of aromatic nitrogens is 10. The molecule has 0 unspecified atom stereocenters. The third-order valence-electron chi connectivity index (χ3n) is 18.3. The van der Waals surface area contributed by atoms with Gasteiger partial charge in [0.2, 0.25) is 11.9 Å². The van der Waals surface area contributed by atoms with Gasteiger partial charge in [-0.2, -0.15) is 10.5 Å². The predicted molar refractivity (Wildman–Crippen MR) is 391 cm³/mol. The monoisotopic (exact) mass is 1430 g/mol. The molecule has 1 aliphatic carbocycles. The number of nitrogens with one attached hydrogen (secondary N) is 1. The van der Waals surface area contributed by atoms with Crippen LogP contribution in [0.15, 0.2) is 110 Å². The van der Waals surface area contributed by atoms with Crippen LogP contribution in [0.2, 0.25) is 0 Å². The number of hydrogen-bond donors (Lipinski definition) is 6. The zero-order chi connectivity index (χ0) is 70.7. The zero-order valence-corrected chi connectivity index (χ0v) is 57.2. The first-order chi connectivity index (χ1) is 48.4. The Hall–Kier alpha value is -10.3. The number of β-amino-alcohol motifs (C(OH)–C–C–N with tert-alkyl or cyclic N) is 1. The number of carboxylic acids is 1. The van der Waals surface area contributed by atoms with Crippen molar-refractivity contribution in [3.63, 3.8) is 0 Å². The standard InChI is InChI=1S/C35H36FN9O2S.C29H28FN9S.C6H10O3.CH2O2.2CH4/c1-3-27-33(43(2)35-42-32(30(16-37)48-35)22-4-7-25(36)8-5-22)45-20-23(6-9-31(45)41-27)24-17-39-34(40-18-24)44-12-10-21(11-13-44)14-29(47)28-15-26(46)19-38-28;1-3-23-27(37(2)29-36-26(24(14-31)40-29)18-4-7-21(30)8-5-18)39-17-19(6-9-25(39)35-23)20-15-33-28(34-16-20)38-12-10-22(32)11-13-38;7-5-2-1-4(3-5)6(8)9;2-1-3;;/h4-9,17-18,20-21,26,28,38,46H,3,10-15,19H2,1-2H3;4-9,15-17,22H,3,10-13,32H2,1-2H3;4-5,7H,1-3H2,(H,8,9);1H,(H,2,3);2*1H4/t26-,28-;;4-,5+;;;/m0.0.../s1. The Morgan fingerprint density at radius 3 is 1.41 bits per heavy atom. The van der Waals surface area contributed by atoms with Crippen LogP contribution in [0.3, 0.4) is 0 Å². The molecule has 4 atom stereocenters. The largest absolute Gasteiger partial charge is 0.483 e. The van der Waals surface area contributed by atoms with Gasteiger partial charge in [0.15, 0.2) is 10.3 Å². The molecule has 0 spiro atoms. The van der Waals surface area contributed by atoms with Crippen molar-refractivity contribution in [1.82, 2.24) is 54.0 Å². The van der Waals surface area contributed by atoms with Crippen LogP contribution in [0.5, 0.6) is 0 Å². The van der Waals surface area contributed by atoms with Gasteiger partial charge in [-0.3, -0.25) is 23.2 Å². The number of nitrogens with zero attached hydrogens (tertiary/aromatic N) is 16. The molecule has 8 aromatic heterocycles. The van der Waals surface area contributed by atoms with Gasteiger partial charge in [0.1, 0.15) is 73.6 Å². The molecule has 0 radical (unpaired) electrons. The van der Waals surface area contributed by atoms with E-state index in [9.17, 15) is 34.0 Å². The van der Waals surface area contributed by atoms with E-state index >= 15 is 0 Å². The maximum Gasteiger partial charge on any atom is 0.306 e. The lowest BCUT2D eigenvalue weighted by atomic mass is 9.89. The number of piperidine rings is 2. The van der Waals surface area contributed by atoms with Crippen molar-refractivity contribution >= 4 is 86.0 Å². The molecule has 11 heterocycles. The molecule has 3 saturated heterocycles. The second-order valence-corrected chi connectivity index (χ2v) is 26.8. The van der Waals surface area contributed by atoms with E-state index in [0.717, 1.165) is 121 Å². The number of benzene rings is 2. The van der Waals surface area contributed by atoms with Crippen LogP contribution in [0, 0.1) is 46.1 Å². The summed E-state index contributed by atoms with van der Waals surface area (Å²) in [6.45, 7) is 7.68. The number of thiazole rings is 2. The number of carbonyl (C=O) groups excluding carboxylic acids is 1. The van der Waals surface area contributed by atoms with E-state index in [4.69, 9.17) is 55.8 Å². The number of nitrogens with two attached hydrogens (primary N) is 1. The fraction of sp³-hybridized carbons (Fsp3) is 0.384. The Morgan fingerprint density at radius 1 is 0.627 bits per heavy atom. The third-order valence-corrected chi connectivity index (χ3v) is 20.4. The van der Waals surface area contributed by atoms with E-state index in [1.54, 1.807) is 24.3 Å². The highest BCUT2D eigenvalue weighted by molar-refractivity contribution is 7.17. The van der Waals surface area contributed by atoms with Crippen LogP contribution in [0.1, 0.15) is 108 Å². The minimum Gasteiger partial charge on any atom is -0.483 e. The van der Waals surface area contributed by atoms with Gasteiger partial charge in [-0.1, -0.05) is 51.4 Å². The third kappa shape index (κ3) is 17.4. The molecular weight excluding hydrogens is 1340 g/mol. The Bertz CT molecular complexity index is 4580. The van der Waals surface area contributed by atoms with Crippen molar-refractivity contribution in [2.45, 2.75) is 124 Å². The van der Waals surface area contributed by atoms with Crippen LogP contribution in [-0.2, 0) is 27.2 Å². The van der Waals surface area contributed by atoms with Crippen molar-refractivity contribution in [3.8, 4) is 56.9 Å². The highest BCUT2D eigenvalue weighted by Crippen LogP contribution is 2.40. The van der Waals surface area contributed by atoms with E-state index in [0.29, 0.717) is 99.5 Å². The van der Waals surface area contributed by atoms with Crippen LogP contribution >= 0.6 is 22.7 Å². The van der Waals surface area contributed by atoms with Gasteiger partial charge in [0.25, 0.3) is 6.47 Å². The summed E-state index contributed by atoms with van der Waals surface area (Å²) in [6.07, 6.45) is 18.5. The minimum atomic E-state index is -0.772. The number of aryl methyl sites for hydroxylation is 2. The average Bonchev–Trinajstić information content (AvgIpc) is 1.60. The Labute approximate surface area is 598 Å². The number of halogens is 2. The zero-order valence-electron chi connectivity index (χ0n) is 55.6. The van der Waals surface area contributed by atoms with Crippen molar-refractivity contribution in [2.24, 2.45) is 17.6 Å². The van der Waals surface area contributed by atoms with Gasteiger partial charge in [0.05, 0.1) is 35.6 Å². The van der Waals surface area contributed by atoms with Gasteiger partial charge in [-0.15, -0.1) is 0 Å². The molecule has 4 aliphatic rings. The SMILES string of the molecule is C.C.CCc1nc2ccc(-c3cnc(N4CCC(CC(=O)[C@@H]5C[C@H](O)CN5)CC4)nc3)cn2c1N(C)c1nc(-c2ccc(F)cc2)c(C#N)s1.CCc1nc2ccc(-c3cnc(N4CCC(N)CC4)nc3)cn2c1N(C)c1nc(-c2ccc(F)cc2)c(C#N)s1.O=C(O)[C@H]1CC[C@@H](O)C1.O=CO. The summed E-state index contributed by atoms with van der Waals surface area (Å²) in [4.78, 5) is 78.5. The number of anilines is 6. The van der Waals surface area contributed by atoms with E-state index < -0.39 is 12.1 Å². The number of nitriles is 2. The molecule has 102 heavy (non-hydrogen) atoms. The summed E-state index contributed by atoms with van der Waals surface area (Å²) in [5.74, 6) is 1.91.